The SMILES string of the molecule is COC(=O)C(C)C(C)S(=O)(=O)Cc1ccc(Cl)cc1. The van der Waals surface area contributed by atoms with Crippen LogP contribution in [0.5, 0.6) is 0 Å². The smallest absolute Gasteiger partial charge is 0.309 e. The Morgan fingerprint density at radius 2 is 1.79 bits per heavy atom. The average Bonchev–Trinajstić information content (AvgIpc) is 2.38. The van der Waals surface area contributed by atoms with Crippen LogP contribution in [0.4, 0.5) is 0 Å². The Hall–Kier alpha value is -1.07. The number of hydrogen-bond acceptors (Lipinski definition) is 4. The van der Waals surface area contributed by atoms with Gasteiger partial charge in [0, 0.05) is 5.02 Å². The van der Waals surface area contributed by atoms with Crippen LogP contribution in [0.3, 0.4) is 0 Å². The first-order valence-corrected chi connectivity index (χ1v) is 7.91. The van der Waals surface area contributed by atoms with E-state index in [0.29, 0.717) is 10.6 Å². The highest BCUT2D eigenvalue weighted by Gasteiger charge is 2.31. The van der Waals surface area contributed by atoms with E-state index in [1.54, 1.807) is 31.2 Å². The second-order valence-electron chi connectivity index (χ2n) is 4.45. The molecule has 0 N–H and O–H groups in total. The number of benzene rings is 1. The number of halogens is 1. The number of carbonyl (C=O) groups excluding carboxylic acids is 1. The maximum absolute atomic E-state index is 12.2. The van der Waals surface area contributed by atoms with E-state index in [1.807, 2.05) is 0 Å². The molecule has 0 saturated heterocycles. The van der Waals surface area contributed by atoms with E-state index in [-0.39, 0.29) is 5.75 Å². The number of esters is 1. The van der Waals surface area contributed by atoms with Crippen molar-refractivity contribution in [3.8, 4) is 0 Å². The number of carbonyl (C=O) groups is 1. The second-order valence-corrected chi connectivity index (χ2v) is 7.25. The maximum Gasteiger partial charge on any atom is 0.309 e. The Morgan fingerprint density at radius 1 is 1.26 bits per heavy atom. The van der Waals surface area contributed by atoms with Gasteiger partial charge >= 0.3 is 5.97 Å². The third-order valence-corrected chi connectivity index (χ3v) is 5.65. The summed E-state index contributed by atoms with van der Waals surface area (Å²) in [7, 11) is -2.18. The number of methoxy groups -OCH3 is 1. The van der Waals surface area contributed by atoms with E-state index >= 15 is 0 Å². The van der Waals surface area contributed by atoms with Crippen LogP contribution in [-0.2, 0) is 25.1 Å². The van der Waals surface area contributed by atoms with Crippen LogP contribution in [0.2, 0.25) is 5.02 Å². The standard InChI is InChI=1S/C13H17ClO4S/c1-9(13(15)18-3)10(2)19(16,17)8-11-4-6-12(14)7-5-11/h4-7,9-10H,8H2,1-3H3. The minimum Gasteiger partial charge on any atom is -0.469 e. The Bertz CT molecular complexity index is 536. The molecule has 0 radical (unpaired) electrons. The Labute approximate surface area is 118 Å². The Morgan fingerprint density at radius 3 is 2.26 bits per heavy atom. The molecule has 1 aromatic rings. The van der Waals surface area contributed by atoms with Crippen molar-refractivity contribution in [2.75, 3.05) is 7.11 Å². The molecule has 0 aliphatic heterocycles. The summed E-state index contributed by atoms with van der Waals surface area (Å²) >= 11 is 5.75. The molecule has 106 valence electrons. The minimum absolute atomic E-state index is 0.118. The molecule has 2 unspecified atom stereocenters. The van der Waals surface area contributed by atoms with E-state index in [2.05, 4.69) is 4.74 Å². The van der Waals surface area contributed by atoms with Gasteiger partial charge in [-0.3, -0.25) is 4.79 Å². The van der Waals surface area contributed by atoms with Crippen molar-refractivity contribution in [3.05, 3.63) is 34.9 Å². The van der Waals surface area contributed by atoms with Gasteiger partial charge in [-0.15, -0.1) is 0 Å². The minimum atomic E-state index is -3.42. The van der Waals surface area contributed by atoms with Gasteiger partial charge < -0.3 is 4.74 Å². The molecule has 0 bridgehead atoms. The van der Waals surface area contributed by atoms with Crippen molar-refractivity contribution in [3.63, 3.8) is 0 Å². The summed E-state index contributed by atoms with van der Waals surface area (Å²) in [5.41, 5.74) is 0.647. The lowest BCUT2D eigenvalue weighted by atomic mass is 10.1. The van der Waals surface area contributed by atoms with Crippen molar-refractivity contribution < 1.29 is 17.9 Å². The van der Waals surface area contributed by atoms with Gasteiger partial charge in [0.2, 0.25) is 0 Å². The molecule has 0 fully saturated rings. The van der Waals surface area contributed by atoms with E-state index < -0.39 is 27.0 Å². The molecule has 0 aliphatic carbocycles. The summed E-state index contributed by atoms with van der Waals surface area (Å²) in [5, 5.41) is -0.243. The van der Waals surface area contributed by atoms with Crippen LogP contribution in [0, 0.1) is 5.92 Å². The van der Waals surface area contributed by atoms with Crippen LogP contribution in [0.15, 0.2) is 24.3 Å². The monoisotopic (exact) mass is 304 g/mol. The van der Waals surface area contributed by atoms with Gasteiger partial charge in [0.15, 0.2) is 9.84 Å². The molecule has 0 amide bonds. The number of ether oxygens (including phenoxy) is 1. The lowest BCUT2D eigenvalue weighted by Gasteiger charge is -2.18. The quantitative estimate of drug-likeness (QED) is 0.784. The topological polar surface area (TPSA) is 60.4 Å². The van der Waals surface area contributed by atoms with Gasteiger partial charge in [0.25, 0.3) is 0 Å². The molecule has 1 rings (SSSR count). The molecule has 4 nitrogen and oxygen atoms in total. The van der Waals surface area contributed by atoms with E-state index in [9.17, 15) is 13.2 Å². The molecule has 0 heterocycles. The van der Waals surface area contributed by atoms with Gasteiger partial charge in [-0.05, 0) is 24.6 Å². The second kappa shape index (κ2) is 6.39. The molecule has 6 heteroatoms. The van der Waals surface area contributed by atoms with Crippen LogP contribution < -0.4 is 0 Å². The first-order valence-electron chi connectivity index (χ1n) is 5.81. The molecule has 0 spiro atoms. The summed E-state index contributed by atoms with van der Waals surface area (Å²) in [6.07, 6.45) is 0. The van der Waals surface area contributed by atoms with Gasteiger partial charge in [0.05, 0.1) is 24.0 Å². The number of hydrogen-bond donors (Lipinski definition) is 0. The first-order chi connectivity index (χ1) is 8.77. The predicted octanol–water partition coefficient (Wildman–Crippen LogP) is 2.45. The number of sulfone groups is 1. The highest BCUT2D eigenvalue weighted by Crippen LogP contribution is 2.19. The molecular weight excluding hydrogens is 288 g/mol. The summed E-state index contributed by atoms with van der Waals surface area (Å²) in [5.74, 6) is -1.33. The molecule has 0 aliphatic rings. The zero-order valence-corrected chi connectivity index (χ0v) is 12.7. The van der Waals surface area contributed by atoms with Gasteiger partial charge in [0.1, 0.15) is 0 Å². The van der Waals surface area contributed by atoms with Crippen LogP contribution in [0.1, 0.15) is 19.4 Å². The number of rotatable bonds is 5. The van der Waals surface area contributed by atoms with Crippen molar-refractivity contribution in [2.24, 2.45) is 5.92 Å². The zero-order chi connectivity index (χ0) is 14.6. The Balaban J connectivity index is 2.86. The fraction of sp³-hybridized carbons (Fsp3) is 0.462. The molecule has 19 heavy (non-hydrogen) atoms. The molecule has 0 aromatic heterocycles. The van der Waals surface area contributed by atoms with Crippen molar-refractivity contribution in [1.82, 2.24) is 0 Å². The van der Waals surface area contributed by atoms with Crippen LogP contribution in [-0.4, -0.2) is 26.7 Å². The van der Waals surface area contributed by atoms with Crippen LogP contribution >= 0.6 is 11.6 Å². The molecular formula is C13H17ClO4S. The predicted molar refractivity (Wildman–Crippen MR) is 74.7 cm³/mol. The van der Waals surface area contributed by atoms with E-state index in [4.69, 9.17) is 11.6 Å². The average molecular weight is 305 g/mol. The summed E-state index contributed by atoms with van der Waals surface area (Å²) in [6.45, 7) is 3.07. The Kier molecular flexibility index (Phi) is 5.38. The lowest BCUT2D eigenvalue weighted by Crippen LogP contribution is -2.32. The van der Waals surface area contributed by atoms with Gasteiger partial charge in [-0.25, -0.2) is 8.42 Å². The summed E-state index contributed by atoms with van der Waals surface area (Å²) in [4.78, 5) is 11.4. The van der Waals surface area contributed by atoms with Crippen molar-refractivity contribution >= 4 is 27.4 Å². The van der Waals surface area contributed by atoms with Crippen molar-refractivity contribution in [1.29, 1.82) is 0 Å². The van der Waals surface area contributed by atoms with E-state index in [0.717, 1.165) is 0 Å². The van der Waals surface area contributed by atoms with Gasteiger partial charge in [-0.2, -0.15) is 0 Å². The summed E-state index contributed by atoms with van der Waals surface area (Å²) in [6, 6.07) is 6.60. The summed E-state index contributed by atoms with van der Waals surface area (Å²) < 4.78 is 29.0. The maximum atomic E-state index is 12.2. The van der Waals surface area contributed by atoms with Crippen LogP contribution in [0.25, 0.3) is 0 Å². The first kappa shape index (κ1) is 16.0. The highest BCUT2D eigenvalue weighted by molar-refractivity contribution is 7.91. The third kappa shape index (κ3) is 4.21. The molecule has 1 aromatic carbocycles. The van der Waals surface area contributed by atoms with E-state index in [1.165, 1.54) is 14.0 Å². The fourth-order valence-corrected chi connectivity index (χ4v) is 3.41. The van der Waals surface area contributed by atoms with Gasteiger partial charge in [-0.1, -0.05) is 30.7 Å². The fourth-order valence-electron chi connectivity index (χ4n) is 1.63. The molecule has 2 atom stereocenters. The molecule has 0 saturated carbocycles. The zero-order valence-electron chi connectivity index (χ0n) is 11.1. The lowest BCUT2D eigenvalue weighted by molar-refractivity contribution is -0.144. The van der Waals surface area contributed by atoms with Crippen molar-refractivity contribution in [2.45, 2.75) is 24.9 Å². The highest BCUT2D eigenvalue weighted by atomic mass is 35.5. The third-order valence-electron chi connectivity index (χ3n) is 3.12. The normalized spacial score (nSPS) is 14.7. The largest absolute Gasteiger partial charge is 0.469 e.